The van der Waals surface area contributed by atoms with E-state index < -0.39 is 6.10 Å². The van der Waals surface area contributed by atoms with Gasteiger partial charge in [0, 0.05) is 24.9 Å². The van der Waals surface area contributed by atoms with E-state index in [1.165, 1.54) is 0 Å². The third kappa shape index (κ3) is 2.42. The van der Waals surface area contributed by atoms with E-state index in [0.717, 1.165) is 0 Å². The van der Waals surface area contributed by atoms with Gasteiger partial charge in [0.25, 0.3) is 0 Å². The first-order valence-corrected chi connectivity index (χ1v) is 4.76. The summed E-state index contributed by atoms with van der Waals surface area (Å²) >= 11 is 0. The van der Waals surface area contributed by atoms with E-state index in [-0.39, 0.29) is 18.2 Å². The van der Waals surface area contributed by atoms with E-state index in [1.807, 2.05) is 18.4 Å². The lowest BCUT2D eigenvalue weighted by molar-refractivity contribution is 0.0885. The monoisotopic (exact) mass is 196 g/mol. The molecule has 1 aromatic rings. The summed E-state index contributed by atoms with van der Waals surface area (Å²) in [4.78, 5) is 15.6. The predicted octanol–water partition coefficient (Wildman–Crippen LogP) is 1.42. The average molecular weight is 196 g/mol. The molecular weight excluding hydrogens is 180 g/mol. The molecule has 1 aromatic heterocycles. The first-order chi connectivity index (χ1) is 6.52. The lowest BCUT2D eigenvalue weighted by atomic mass is 10.2. The molecule has 0 aliphatic rings. The van der Waals surface area contributed by atoms with Crippen molar-refractivity contribution in [2.75, 3.05) is 0 Å². The molecule has 0 radical (unpaired) electrons. The normalized spacial score (nSPS) is 13.2. The maximum absolute atomic E-state index is 11.6. The highest BCUT2D eigenvalue weighted by Gasteiger charge is 2.15. The molecule has 0 amide bonds. The Hall–Kier alpha value is -1.16. The van der Waals surface area contributed by atoms with Gasteiger partial charge >= 0.3 is 0 Å². The van der Waals surface area contributed by atoms with Gasteiger partial charge in [-0.1, -0.05) is 0 Å². The van der Waals surface area contributed by atoms with Crippen LogP contribution in [0.1, 0.15) is 43.9 Å². The number of carbonyl (C=O) groups is 1. The average Bonchev–Trinajstić information content (AvgIpc) is 2.49. The highest BCUT2D eigenvalue weighted by molar-refractivity contribution is 5.93. The van der Waals surface area contributed by atoms with Crippen molar-refractivity contribution in [2.45, 2.75) is 39.3 Å². The summed E-state index contributed by atoms with van der Waals surface area (Å²) in [5.41, 5.74) is 0. The summed E-state index contributed by atoms with van der Waals surface area (Å²) in [6.45, 7) is 5.57. The number of aromatic nitrogens is 2. The molecule has 0 saturated heterocycles. The minimum absolute atomic E-state index is 0.112. The standard InChI is InChI=1S/C10H16N2O2/c1-7(2)12-5-4-11-10(12)9(14)6-8(3)13/h4-5,7-8,13H,6H2,1-3H3/t8-/m0/s1. The van der Waals surface area contributed by atoms with Gasteiger partial charge in [-0.05, 0) is 20.8 Å². The zero-order valence-corrected chi connectivity index (χ0v) is 8.77. The summed E-state index contributed by atoms with van der Waals surface area (Å²) in [5.74, 6) is 0.319. The quantitative estimate of drug-likeness (QED) is 0.741. The Morgan fingerprint density at radius 2 is 2.21 bits per heavy atom. The molecule has 0 unspecified atom stereocenters. The summed E-state index contributed by atoms with van der Waals surface area (Å²) < 4.78 is 1.81. The molecule has 14 heavy (non-hydrogen) atoms. The van der Waals surface area contributed by atoms with Crippen LogP contribution in [0.25, 0.3) is 0 Å². The smallest absolute Gasteiger partial charge is 0.200 e. The van der Waals surface area contributed by atoms with Gasteiger partial charge < -0.3 is 9.67 Å². The van der Waals surface area contributed by atoms with Crippen LogP contribution in [-0.2, 0) is 0 Å². The summed E-state index contributed by atoms with van der Waals surface area (Å²) in [6, 6.07) is 0.213. The molecule has 0 bridgehead atoms. The first kappa shape index (κ1) is 10.9. The molecule has 1 N–H and O–H groups in total. The number of aliphatic hydroxyl groups is 1. The molecule has 1 atom stereocenters. The van der Waals surface area contributed by atoms with Gasteiger partial charge in [-0.25, -0.2) is 4.98 Å². The molecule has 0 aromatic carbocycles. The molecule has 1 heterocycles. The Morgan fingerprint density at radius 1 is 1.57 bits per heavy atom. The molecule has 1 rings (SSSR count). The van der Waals surface area contributed by atoms with Crippen LogP contribution in [0.5, 0.6) is 0 Å². The number of rotatable bonds is 4. The Morgan fingerprint density at radius 3 is 2.71 bits per heavy atom. The van der Waals surface area contributed by atoms with Crippen LogP contribution in [0.2, 0.25) is 0 Å². The number of aliphatic hydroxyl groups excluding tert-OH is 1. The Bertz CT molecular complexity index is 316. The van der Waals surface area contributed by atoms with Crippen molar-refractivity contribution in [2.24, 2.45) is 0 Å². The van der Waals surface area contributed by atoms with Crippen LogP contribution in [0, 0.1) is 0 Å². The molecular formula is C10H16N2O2. The maximum Gasteiger partial charge on any atom is 0.200 e. The number of nitrogens with zero attached hydrogens (tertiary/aromatic N) is 2. The van der Waals surface area contributed by atoms with Crippen molar-refractivity contribution in [3.8, 4) is 0 Å². The fraction of sp³-hybridized carbons (Fsp3) is 0.600. The largest absolute Gasteiger partial charge is 0.393 e. The zero-order chi connectivity index (χ0) is 10.7. The second-order valence-corrected chi connectivity index (χ2v) is 3.73. The number of hydrogen-bond acceptors (Lipinski definition) is 3. The van der Waals surface area contributed by atoms with Crippen LogP contribution in [0.4, 0.5) is 0 Å². The van der Waals surface area contributed by atoms with Crippen molar-refractivity contribution in [3.05, 3.63) is 18.2 Å². The Balaban J connectivity index is 2.84. The van der Waals surface area contributed by atoms with E-state index in [4.69, 9.17) is 5.11 Å². The minimum atomic E-state index is -0.611. The molecule has 0 aliphatic carbocycles. The number of Topliss-reactive ketones (excluding diaryl/α,β-unsaturated/α-hetero) is 1. The van der Waals surface area contributed by atoms with Crippen molar-refractivity contribution in [1.29, 1.82) is 0 Å². The van der Waals surface area contributed by atoms with E-state index >= 15 is 0 Å². The van der Waals surface area contributed by atoms with Crippen molar-refractivity contribution >= 4 is 5.78 Å². The molecule has 0 saturated carbocycles. The lowest BCUT2D eigenvalue weighted by Gasteiger charge is -2.10. The number of ketones is 1. The summed E-state index contributed by atoms with van der Waals surface area (Å²) in [6.07, 6.45) is 2.90. The molecule has 4 nitrogen and oxygen atoms in total. The van der Waals surface area contributed by atoms with Crippen molar-refractivity contribution < 1.29 is 9.90 Å². The van der Waals surface area contributed by atoms with Gasteiger partial charge in [0.1, 0.15) is 0 Å². The Kier molecular flexibility index (Phi) is 3.41. The molecule has 4 heteroatoms. The Labute approximate surface area is 83.6 Å². The number of imidazole rings is 1. The number of hydrogen-bond donors (Lipinski definition) is 1. The highest BCUT2D eigenvalue weighted by atomic mass is 16.3. The maximum atomic E-state index is 11.6. The van der Waals surface area contributed by atoms with Gasteiger partial charge in [-0.3, -0.25) is 4.79 Å². The third-order valence-electron chi connectivity index (χ3n) is 1.96. The van der Waals surface area contributed by atoms with Crippen LogP contribution < -0.4 is 0 Å². The van der Waals surface area contributed by atoms with E-state index in [1.54, 1.807) is 19.3 Å². The summed E-state index contributed by atoms with van der Waals surface area (Å²) in [5, 5.41) is 9.09. The second kappa shape index (κ2) is 4.37. The molecule has 0 spiro atoms. The molecule has 0 fully saturated rings. The van der Waals surface area contributed by atoms with Crippen LogP contribution in [-0.4, -0.2) is 26.5 Å². The van der Waals surface area contributed by atoms with E-state index in [9.17, 15) is 4.79 Å². The third-order valence-corrected chi connectivity index (χ3v) is 1.96. The van der Waals surface area contributed by atoms with Crippen LogP contribution in [0.3, 0.4) is 0 Å². The molecule has 78 valence electrons. The molecule has 0 aliphatic heterocycles. The highest BCUT2D eigenvalue weighted by Crippen LogP contribution is 2.10. The second-order valence-electron chi connectivity index (χ2n) is 3.73. The number of carbonyl (C=O) groups excluding carboxylic acids is 1. The zero-order valence-electron chi connectivity index (χ0n) is 8.77. The fourth-order valence-corrected chi connectivity index (χ4v) is 1.31. The van der Waals surface area contributed by atoms with Crippen LogP contribution >= 0.6 is 0 Å². The van der Waals surface area contributed by atoms with E-state index in [0.29, 0.717) is 5.82 Å². The first-order valence-electron chi connectivity index (χ1n) is 4.76. The lowest BCUT2D eigenvalue weighted by Crippen LogP contribution is -2.16. The minimum Gasteiger partial charge on any atom is -0.393 e. The van der Waals surface area contributed by atoms with Gasteiger partial charge in [-0.2, -0.15) is 0 Å². The van der Waals surface area contributed by atoms with Gasteiger partial charge in [0.05, 0.1) is 6.10 Å². The topological polar surface area (TPSA) is 55.1 Å². The van der Waals surface area contributed by atoms with Crippen LogP contribution in [0.15, 0.2) is 12.4 Å². The predicted molar refractivity (Wildman–Crippen MR) is 53.2 cm³/mol. The van der Waals surface area contributed by atoms with Crippen molar-refractivity contribution in [3.63, 3.8) is 0 Å². The van der Waals surface area contributed by atoms with Crippen molar-refractivity contribution in [1.82, 2.24) is 9.55 Å². The van der Waals surface area contributed by atoms with E-state index in [2.05, 4.69) is 4.98 Å². The van der Waals surface area contributed by atoms with Gasteiger partial charge in [0.15, 0.2) is 5.82 Å². The summed E-state index contributed by atoms with van der Waals surface area (Å²) in [7, 11) is 0. The van der Waals surface area contributed by atoms with Gasteiger partial charge in [-0.15, -0.1) is 0 Å². The SMILES string of the molecule is CC(C)n1ccnc1C(=O)C[C@H](C)O. The fourth-order valence-electron chi connectivity index (χ4n) is 1.31. The van der Waals surface area contributed by atoms with Gasteiger partial charge in [0.2, 0.25) is 5.78 Å².